The molecule has 1 aromatic rings. The van der Waals surface area contributed by atoms with E-state index in [2.05, 4.69) is 13.8 Å². The second kappa shape index (κ2) is 6.38. The summed E-state index contributed by atoms with van der Waals surface area (Å²) in [6.07, 6.45) is 2.15. The number of benzene rings is 1. The zero-order valence-electron chi connectivity index (χ0n) is 10.6. The van der Waals surface area contributed by atoms with E-state index in [0.29, 0.717) is 18.3 Å². The molecule has 1 aromatic carbocycles. The number of hydrogen-bond acceptors (Lipinski definition) is 2. The number of rotatable bonds is 6. The monoisotopic (exact) mass is 238 g/mol. The van der Waals surface area contributed by atoms with Crippen molar-refractivity contribution < 1.29 is 13.9 Å². The Labute approximate surface area is 102 Å². The van der Waals surface area contributed by atoms with Gasteiger partial charge in [-0.15, -0.1) is 0 Å². The molecule has 0 amide bonds. The van der Waals surface area contributed by atoms with Crippen LogP contribution in [0, 0.1) is 11.7 Å². The fourth-order valence-corrected chi connectivity index (χ4v) is 1.77. The van der Waals surface area contributed by atoms with Gasteiger partial charge >= 0.3 is 0 Å². The number of carbonyl (C=O) groups excluding carboxylic acids is 1. The van der Waals surface area contributed by atoms with Crippen molar-refractivity contribution in [3.05, 3.63) is 29.6 Å². The number of Topliss-reactive ketones (excluding diaryl/α,β-unsaturated/α-hetero) is 1. The van der Waals surface area contributed by atoms with Gasteiger partial charge in [0.2, 0.25) is 0 Å². The van der Waals surface area contributed by atoms with Gasteiger partial charge in [-0.1, -0.05) is 26.3 Å². The molecule has 94 valence electrons. The average Bonchev–Trinajstić information content (AvgIpc) is 2.26. The fraction of sp³-hybridized carbons (Fsp3) is 0.500. The lowest BCUT2D eigenvalue weighted by molar-refractivity contribution is 0.100. The summed E-state index contributed by atoms with van der Waals surface area (Å²) in [7, 11) is 0. The minimum Gasteiger partial charge on any atom is -0.492 e. The van der Waals surface area contributed by atoms with Crippen LogP contribution < -0.4 is 4.74 Å². The molecule has 3 heteroatoms. The SMILES string of the molecule is CCCC(C)COc1cccc(F)c1C(C)=O. The van der Waals surface area contributed by atoms with Crippen molar-refractivity contribution >= 4 is 5.78 Å². The van der Waals surface area contributed by atoms with Gasteiger partial charge in [0.25, 0.3) is 0 Å². The topological polar surface area (TPSA) is 26.3 Å². The summed E-state index contributed by atoms with van der Waals surface area (Å²) >= 11 is 0. The highest BCUT2D eigenvalue weighted by atomic mass is 19.1. The number of carbonyl (C=O) groups is 1. The predicted molar refractivity (Wildman–Crippen MR) is 66.0 cm³/mol. The van der Waals surface area contributed by atoms with Crippen LogP contribution in [-0.2, 0) is 0 Å². The Morgan fingerprint density at radius 1 is 1.47 bits per heavy atom. The van der Waals surface area contributed by atoms with Crippen molar-refractivity contribution in [2.75, 3.05) is 6.61 Å². The molecule has 0 fully saturated rings. The van der Waals surface area contributed by atoms with E-state index in [-0.39, 0.29) is 11.3 Å². The Bertz CT molecular complexity index is 388. The first kappa shape index (κ1) is 13.7. The maximum Gasteiger partial charge on any atom is 0.166 e. The van der Waals surface area contributed by atoms with Crippen molar-refractivity contribution in [2.24, 2.45) is 5.92 Å². The van der Waals surface area contributed by atoms with Crippen molar-refractivity contribution in [1.82, 2.24) is 0 Å². The Balaban J connectivity index is 2.77. The molecule has 0 N–H and O–H groups in total. The summed E-state index contributed by atoms with van der Waals surface area (Å²) in [4.78, 5) is 11.3. The average molecular weight is 238 g/mol. The van der Waals surface area contributed by atoms with Crippen LogP contribution in [0.15, 0.2) is 18.2 Å². The Morgan fingerprint density at radius 3 is 2.76 bits per heavy atom. The van der Waals surface area contributed by atoms with Crippen LogP contribution >= 0.6 is 0 Å². The molecule has 0 radical (unpaired) electrons. The van der Waals surface area contributed by atoms with E-state index in [0.717, 1.165) is 12.8 Å². The summed E-state index contributed by atoms with van der Waals surface area (Å²) in [6, 6.07) is 4.47. The summed E-state index contributed by atoms with van der Waals surface area (Å²) in [5.41, 5.74) is 0.0520. The first-order valence-corrected chi connectivity index (χ1v) is 5.98. The second-order valence-corrected chi connectivity index (χ2v) is 4.37. The zero-order valence-corrected chi connectivity index (χ0v) is 10.6. The highest BCUT2D eigenvalue weighted by Crippen LogP contribution is 2.23. The smallest absolute Gasteiger partial charge is 0.166 e. The van der Waals surface area contributed by atoms with Gasteiger partial charge in [0.1, 0.15) is 11.6 Å². The van der Waals surface area contributed by atoms with E-state index in [9.17, 15) is 9.18 Å². The lowest BCUT2D eigenvalue weighted by Gasteiger charge is -2.14. The van der Waals surface area contributed by atoms with E-state index in [1.54, 1.807) is 12.1 Å². The molecule has 17 heavy (non-hydrogen) atoms. The molecule has 0 spiro atoms. The number of hydrogen-bond donors (Lipinski definition) is 0. The molecule has 0 aliphatic carbocycles. The molecule has 0 aliphatic rings. The van der Waals surface area contributed by atoms with Crippen LogP contribution in [0.4, 0.5) is 4.39 Å². The van der Waals surface area contributed by atoms with Gasteiger partial charge in [-0.3, -0.25) is 4.79 Å². The van der Waals surface area contributed by atoms with Crippen LogP contribution in [0.1, 0.15) is 44.0 Å². The van der Waals surface area contributed by atoms with Crippen LogP contribution in [0.25, 0.3) is 0 Å². The number of halogens is 1. The van der Waals surface area contributed by atoms with Gasteiger partial charge in [0.15, 0.2) is 5.78 Å². The lowest BCUT2D eigenvalue weighted by atomic mass is 10.1. The van der Waals surface area contributed by atoms with Gasteiger partial charge in [0, 0.05) is 0 Å². The van der Waals surface area contributed by atoms with Crippen LogP contribution in [0.5, 0.6) is 5.75 Å². The molecule has 0 heterocycles. The molecule has 0 aromatic heterocycles. The van der Waals surface area contributed by atoms with Crippen molar-refractivity contribution in [2.45, 2.75) is 33.6 Å². The van der Waals surface area contributed by atoms with Gasteiger partial charge in [-0.2, -0.15) is 0 Å². The first-order valence-electron chi connectivity index (χ1n) is 5.98. The largest absolute Gasteiger partial charge is 0.492 e. The fourth-order valence-electron chi connectivity index (χ4n) is 1.77. The van der Waals surface area contributed by atoms with Crippen LogP contribution in [0.2, 0.25) is 0 Å². The van der Waals surface area contributed by atoms with E-state index >= 15 is 0 Å². The lowest BCUT2D eigenvalue weighted by Crippen LogP contribution is -2.11. The first-order chi connectivity index (χ1) is 8.06. The van der Waals surface area contributed by atoms with Gasteiger partial charge in [-0.25, -0.2) is 4.39 Å². The molecular formula is C14H19FO2. The number of ketones is 1. The Hall–Kier alpha value is -1.38. The number of ether oxygens (including phenoxy) is 1. The van der Waals surface area contributed by atoms with E-state index in [4.69, 9.17) is 4.74 Å². The Morgan fingerprint density at radius 2 is 2.18 bits per heavy atom. The molecule has 0 bridgehead atoms. The summed E-state index contributed by atoms with van der Waals surface area (Å²) in [5, 5.41) is 0. The third-order valence-corrected chi connectivity index (χ3v) is 2.63. The molecular weight excluding hydrogens is 219 g/mol. The summed E-state index contributed by atoms with van der Waals surface area (Å²) in [6.45, 7) is 6.05. The highest BCUT2D eigenvalue weighted by Gasteiger charge is 2.14. The minimum absolute atomic E-state index is 0.0520. The molecule has 2 nitrogen and oxygen atoms in total. The maximum absolute atomic E-state index is 13.5. The van der Waals surface area contributed by atoms with Crippen LogP contribution in [-0.4, -0.2) is 12.4 Å². The van der Waals surface area contributed by atoms with Gasteiger partial charge < -0.3 is 4.74 Å². The van der Waals surface area contributed by atoms with Crippen LogP contribution in [0.3, 0.4) is 0 Å². The molecule has 0 aliphatic heterocycles. The third-order valence-electron chi connectivity index (χ3n) is 2.63. The molecule has 0 saturated heterocycles. The van der Waals surface area contributed by atoms with E-state index < -0.39 is 5.82 Å². The molecule has 1 rings (SSSR count). The van der Waals surface area contributed by atoms with Crippen molar-refractivity contribution in [1.29, 1.82) is 0 Å². The van der Waals surface area contributed by atoms with E-state index in [1.807, 2.05) is 0 Å². The quantitative estimate of drug-likeness (QED) is 0.704. The summed E-state index contributed by atoms with van der Waals surface area (Å²) in [5.74, 6) is -0.0667. The zero-order chi connectivity index (χ0) is 12.8. The van der Waals surface area contributed by atoms with Gasteiger partial charge in [-0.05, 0) is 31.4 Å². The molecule has 0 saturated carbocycles. The summed E-state index contributed by atoms with van der Waals surface area (Å²) < 4.78 is 19.0. The minimum atomic E-state index is -0.516. The second-order valence-electron chi connectivity index (χ2n) is 4.37. The van der Waals surface area contributed by atoms with Crippen molar-refractivity contribution in [3.8, 4) is 5.75 Å². The predicted octanol–water partition coefficient (Wildman–Crippen LogP) is 3.84. The molecule has 1 atom stereocenters. The third kappa shape index (κ3) is 3.84. The highest BCUT2D eigenvalue weighted by molar-refractivity contribution is 5.97. The normalized spacial score (nSPS) is 12.2. The molecule has 1 unspecified atom stereocenters. The standard InChI is InChI=1S/C14H19FO2/c1-4-6-10(2)9-17-13-8-5-7-12(15)14(13)11(3)16/h5,7-8,10H,4,6,9H2,1-3H3. The van der Waals surface area contributed by atoms with E-state index in [1.165, 1.54) is 13.0 Å². The van der Waals surface area contributed by atoms with Gasteiger partial charge in [0.05, 0.1) is 12.2 Å². The Kier molecular flexibility index (Phi) is 5.13. The maximum atomic E-state index is 13.5. The van der Waals surface area contributed by atoms with Crippen molar-refractivity contribution in [3.63, 3.8) is 0 Å².